The first-order chi connectivity index (χ1) is 2.27. The van der Waals surface area contributed by atoms with E-state index in [0.717, 1.165) is 0 Å². The predicted octanol–water partition coefficient (Wildman–Crippen LogP) is 1.20. The molecule has 0 saturated heterocycles. The molecule has 0 aliphatic carbocycles. The number of hydrogen-bond acceptors (Lipinski definition) is 0. The summed E-state index contributed by atoms with van der Waals surface area (Å²) < 4.78 is 0. The number of rotatable bonds is 1. The molecule has 5 heavy (non-hydrogen) atoms. The van der Waals surface area contributed by atoms with Gasteiger partial charge in [-0.1, -0.05) is 6.55 Å². The van der Waals surface area contributed by atoms with Crippen molar-refractivity contribution in [1.82, 2.24) is 0 Å². The zero-order chi connectivity index (χ0) is 4.28. The van der Waals surface area contributed by atoms with Crippen molar-refractivity contribution in [3.05, 3.63) is 0 Å². The van der Waals surface area contributed by atoms with Crippen molar-refractivity contribution in [2.75, 3.05) is 0 Å². The van der Waals surface area contributed by atoms with Crippen molar-refractivity contribution in [1.29, 1.82) is 0 Å². The molecule has 0 bridgehead atoms. The summed E-state index contributed by atoms with van der Waals surface area (Å²) >= 11 is 10.7. The maximum absolute atomic E-state index is 5.44. The van der Waals surface area contributed by atoms with Gasteiger partial charge in [-0.05, 0) is 0 Å². The standard InChI is InChI=1S/CH3Cl2Si2/c1-5(3)4-2/h1H3. The van der Waals surface area contributed by atoms with Crippen molar-refractivity contribution in [2.24, 2.45) is 0 Å². The van der Waals surface area contributed by atoms with Crippen LogP contribution in [0.5, 0.6) is 0 Å². The molecule has 0 spiro atoms. The van der Waals surface area contributed by atoms with Gasteiger partial charge in [0.05, 0.1) is 0 Å². The van der Waals surface area contributed by atoms with Gasteiger partial charge in [-0.2, -0.15) is 22.2 Å². The molecule has 0 rings (SSSR count). The summed E-state index contributed by atoms with van der Waals surface area (Å²) in [6.45, 7) is 1.97. The van der Waals surface area contributed by atoms with Crippen LogP contribution in [-0.2, 0) is 0 Å². The molecule has 0 aliphatic rings. The van der Waals surface area contributed by atoms with Crippen LogP contribution >= 0.6 is 22.2 Å². The van der Waals surface area contributed by atoms with Gasteiger partial charge in [0.15, 0.2) is 16.0 Å². The van der Waals surface area contributed by atoms with E-state index in [1.54, 1.807) is 0 Å². The molecule has 0 atom stereocenters. The van der Waals surface area contributed by atoms with Gasteiger partial charge in [-0.15, -0.1) is 0 Å². The largest absolute Gasteiger partial charge is 0.176 e. The van der Waals surface area contributed by atoms with E-state index < -0.39 is 7.62 Å². The molecule has 0 heterocycles. The quantitative estimate of drug-likeness (QED) is 0.381. The van der Waals surface area contributed by atoms with Crippen LogP contribution in [0.1, 0.15) is 0 Å². The van der Waals surface area contributed by atoms with Gasteiger partial charge >= 0.3 is 0 Å². The molecule has 0 aromatic rings. The first-order valence-corrected chi connectivity index (χ1v) is 7.15. The average Bonchev–Trinajstić information content (AvgIpc) is 1.38. The zero-order valence-electron chi connectivity index (χ0n) is 2.76. The monoisotopic (exact) mass is 141 g/mol. The maximum atomic E-state index is 5.44. The maximum Gasteiger partial charge on any atom is 0.176 e. The Morgan fingerprint density at radius 3 is 2.00 bits per heavy atom. The summed E-state index contributed by atoms with van der Waals surface area (Å²) in [7, 11) is -0.155. The lowest BCUT2D eigenvalue weighted by atomic mass is 11.9. The van der Waals surface area contributed by atoms with Gasteiger partial charge in [0, 0.05) is 0 Å². The molecule has 0 aliphatic heterocycles. The summed E-state index contributed by atoms with van der Waals surface area (Å²) in [6.07, 6.45) is 0. The van der Waals surface area contributed by atoms with Gasteiger partial charge in [-0.3, -0.25) is 0 Å². The van der Waals surface area contributed by atoms with E-state index in [0.29, 0.717) is 8.35 Å². The second-order valence-electron chi connectivity index (χ2n) is 0.628. The van der Waals surface area contributed by atoms with E-state index in [1.165, 1.54) is 0 Å². The molecule has 0 nitrogen and oxygen atoms in total. The molecule has 0 unspecified atom stereocenters. The lowest BCUT2D eigenvalue weighted by Gasteiger charge is -1.78. The van der Waals surface area contributed by atoms with Gasteiger partial charge in [0.1, 0.15) is 0 Å². The SMILES string of the molecule is C[Si](Cl)[Si]Cl. The Balaban J connectivity index is 2.54. The van der Waals surface area contributed by atoms with Gasteiger partial charge in [0.25, 0.3) is 0 Å². The fourth-order valence-corrected chi connectivity index (χ4v) is 0. The third kappa shape index (κ3) is 5.01. The summed E-state index contributed by atoms with van der Waals surface area (Å²) in [4.78, 5) is 0. The second-order valence-corrected chi connectivity index (χ2v) is 9.05. The van der Waals surface area contributed by atoms with Crippen LogP contribution in [-0.4, -0.2) is 16.0 Å². The van der Waals surface area contributed by atoms with Crippen molar-refractivity contribution in [3.8, 4) is 0 Å². The first-order valence-electron chi connectivity index (χ1n) is 1.13. The van der Waals surface area contributed by atoms with E-state index >= 15 is 0 Å². The van der Waals surface area contributed by atoms with Crippen LogP contribution in [0.4, 0.5) is 0 Å². The van der Waals surface area contributed by atoms with Crippen molar-refractivity contribution < 1.29 is 0 Å². The van der Waals surface area contributed by atoms with Gasteiger partial charge in [0.2, 0.25) is 0 Å². The Morgan fingerprint density at radius 1 is 1.80 bits per heavy atom. The van der Waals surface area contributed by atoms with E-state index in [1.807, 2.05) is 6.55 Å². The van der Waals surface area contributed by atoms with E-state index in [-0.39, 0.29) is 0 Å². The predicted molar refractivity (Wildman–Crippen MR) is 29.1 cm³/mol. The highest BCUT2D eigenvalue weighted by Gasteiger charge is 1.93. The molecule has 0 aromatic carbocycles. The highest BCUT2D eigenvalue weighted by atomic mass is 35.6. The third-order valence-corrected chi connectivity index (χ3v) is 5.44. The average molecular weight is 142 g/mol. The lowest BCUT2D eigenvalue weighted by molar-refractivity contribution is 2.34. The molecule has 3 radical (unpaired) electrons. The van der Waals surface area contributed by atoms with Gasteiger partial charge in [-0.25, -0.2) is 0 Å². The molecule has 0 aromatic heterocycles. The van der Waals surface area contributed by atoms with Crippen molar-refractivity contribution >= 4 is 38.1 Å². The molecule has 0 fully saturated rings. The van der Waals surface area contributed by atoms with Crippen LogP contribution in [0, 0.1) is 0 Å². The molecule has 29 valence electrons. The van der Waals surface area contributed by atoms with Crippen LogP contribution in [0.3, 0.4) is 0 Å². The Bertz CT molecular complexity index is 21.6. The topological polar surface area (TPSA) is 0 Å². The summed E-state index contributed by atoms with van der Waals surface area (Å²) in [6, 6.07) is 0. The molecule has 4 heteroatoms. The molecular formula is CH3Cl2Si2. The van der Waals surface area contributed by atoms with Crippen LogP contribution in [0.25, 0.3) is 0 Å². The summed E-state index contributed by atoms with van der Waals surface area (Å²) in [5.41, 5.74) is 0. The number of halogens is 2. The fraction of sp³-hybridized carbons (Fsp3) is 1.00. The molecule has 0 saturated carbocycles. The Kier molecular flexibility index (Phi) is 3.86. The zero-order valence-corrected chi connectivity index (χ0v) is 6.27. The van der Waals surface area contributed by atoms with Crippen LogP contribution in [0.15, 0.2) is 0 Å². The van der Waals surface area contributed by atoms with E-state index in [9.17, 15) is 0 Å². The van der Waals surface area contributed by atoms with E-state index in [4.69, 9.17) is 22.2 Å². The third-order valence-electron chi connectivity index (χ3n) is 0.130. The normalized spacial score (nSPS) is 9.60. The summed E-state index contributed by atoms with van der Waals surface area (Å²) in [5.74, 6) is 0. The summed E-state index contributed by atoms with van der Waals surface area (Å²) in [5, 5.41) is 0. The fourth-order valence-electron chi connectivity index (χ4n) is 0. The molecule has 0 amide bonds. The van der Waals surface area contributed by atoms with Crippen LogP contribution < -0.4 is 0 Å². The highest BCUT2D eigenvalue weighted by molar-refractivity contribution is 7.48. The van der Waals surface area contributed by atoms with Crippen LogP contribution in [0.2, 0.25) is 6.55 Å². The Hall–Kier alpha value is 1.01. The Morgan fingerprint density at radius 2 is 2.00 bits per heavy atom. The minimum absolute atomic E-state index is 0.454. The minimum atomic E-state index is -0.609. The lowest BCUT2D eigenvalue weighted by Crippen LogP contribution is -2.00. The first kappa shape index (κ1) is 6.01. The Labute approximate surface area is 45.1 Å². The molecule has 0 N–H and O–H groups in total. The smallest absolute Gasteiger partial charge is 0.174 e. The van der Waals surface area contributed by atoms with E-state index in [2.05, 4.69) is 0 Å². The second kappa shape index (κ2) is 3.21. The van der Waals surface area contributed by atoms with Crippen molar-refractivity contribution in [2.45, 2.75) is 6.55 Å². The molecular weight excluding hydrogens is 139 g/mol. The van der Waals surface area contributed by atoms with Crippen molar-refractivity contribution in [3.63, 3.8) is 0 Å². The number of hydrogen-bond donors (Lipinski definition) is 0. The minimum Gasteiger partial charge on any atom is -0.174 e. The van der Waals surface area contributed by atoms with Gasteiger partial charge < -0.3 is 0 Å². The highest BCUT2D eigenvalue weighted by Crippen LogP contribution is 1.84.